The average molecular weight is 368 g/mol. The molecule has 0 bridgehead atoms. The second kappa shape index (κ2) is 9.14. The van der Waals surface area contributed by atoms with Gasteiger partial charge in [-0.1, -0.05) is 12.1 Å². The highest BCUT2D eigenvalue weighted by Crippen LogP contribution is 2.15. The molecular weight excluding hydrogens is 344 g/mol. The summed E-state index contributed by atoms with van der Waals surface area (Å²) in [5.41, 5.74) is 1.00. The molecule has 2 heterocycles. The predicted molar refractivity (Wildman–Crippen MR) is 103 cm³/mol. The van der Waals surface area contributed by atoms with Crippen LogP contribution in [0.1, 0.15) is 20.7 Å². The third kappa shape index (κ3) is 4.83. The van der Waals surface area contributed by atoms with E-state index in [1.807, 2.05) is 23.1 Å². The zero-order valence-corrected chi connectivity index (χ0v) is 15.4. The maximum absolute atomic E-state index is 12.8. The van der Waals surface area contributed by atoms with Crippen molar-refractivity contribution in [3.05, 3.63) is 59.8 Å². The van der Waals surface area contributed by atoms with Crippen LogP contribution in [0.2, 0.25) is 0 Å². The van der Waals surface area contributed by atoms with Gasteiger partial charge in [0.2, 0.25) is 0 Å². The van der Waals surface area contributed by atoms with Crippen molar-refractivity contribution in [2.24, 2.45) is 0 Å². The molecule has 3 rings (SSSR count). The summed E-state index contributed by atoms with van der Waals surface area (Å²) in [6.45, 7) is 3.60. The molecule has 0 unspecified atom stereocenters. The van der Waals surface area contributed by atoms with E-state index in [0.717, 1.165) is 18.9 Å². The van der Waals surface area contributed by atoms with Crippen LogP contribution in [0.4, 0.5) is 5.82 Å². The van der Waals surface area contributed by atoms with Crippen LogP contribution in [0, 0.1) is 0 Å². The first-order chi connectivity index (χ1) is 13.2. The Morgan fingerprint density at radius 2 is 1.85 bits per heavy atom. The standard InChI is InChI=1S/C20H24N4O3/c1-27-14-9-22-19(25)16-5-4-6-17(15-16)20(26)24-12-10-23(11-13-24)18-7-2-3-8-21-18/h2-8,15H,9-14H2,1H3,(H,22,25). The molecule has 0 radical (unpaired) electrons. The maximum Gasteiger partial charge on any atom is 0.253 e. The Morgan fingerprint density at radius 1 is 1.07 bits per heavy atom. The van der Waals surface area contributed by atoms with Gasteiger partial charge in [-0.25, -0.2) is 4.98 Å². The summed E-state index contributed by atoms with van der Waals surface area (Å²) in [7, 11) is 1.58. The number of amides is 2. The molecule has 0 saturated carbocycles. The van der Waals surface area contributed by atoms with Gasteiger partial charge < -0.3 is 19.9 Å². The monoisotopic (exact) mass is 368 g/mol. The smallest absolute Gasteiger partial charge is 0.253 e. The van der Waals surface area contributed by atoms with Crippen LogP contribution < -0.4 is 10.2 Å². The Balaban J connectivity index is 1.60. The fraction of sp³-hybridized carbons (Fsp3) is 0.350. The van der Waals surface area contributed by atoms with E-state index in [1.54, 1.807) is 37.6 Å². The number of methoxy groups -OCH3 is 1. The Hall–Kier alpha value is -2.93. The number of aromatic nitrogens is 1. The van der Waals surface area contributed by atoms with Crippen LogP contribution in [-0.4, -0.2) is 68.1 Å². The van der Waals surface area contributed by atoms with Gasteiger partial charge in [-0.2, -0.15) is 0 Å². The van der Waals surface area contributed by atoms with E-state index in [9.17, 15) is 9.59 Å². The van der Waals surface area contributed by atoms with E-state index in [2.05, 4.69) is 15.2 Å². The molecular formula is C20H24N4O3. The van der Waals surface area contributed by atoms with Gasteiger partial charge in [0.25, 0.3) is 11.8 Å². The highest BCUT2D eigenvalue weighted by atomic mass is 16.5. The van der Waals surface area contributed by atoms with Gasteiger partial charge in [0.15, 0.2) is 0 Å². The first kappa shape index (κ1) is 18.8. The van der Waals surface area contributed by atoms with E-state index in [4.69, 9.17) is 4.74 Å². The first-order valence-corrected chi connectivity index (χ1v) is 9.01. The highest BCUT2D eigenvalue weighted by molar-refractivity contribution is 5.99. The molecule has 1 aromatic carbocycles. The molecule has 1 N–H and O–H groups in total. The summed E-state index contributed by atoms with van der Waals surface area (Å²) in [6, 6.07) is 12.7. The third-order valence-corrected chi connectivity index (χ3v) is 4.50. The number of nitrogens with one attached hydrogen (secondary N) is 1. The topological polar surface area (TPSA) is 74.8 Å². The minimum atomic E-state index is -0.207. The number of ether oxygens (including phenoxy) is 1. The number of hydrogen-bond acceptors (Lipinski definition) is 5. The van der Waals surface area contributed by atoms with E-state index in [1.165, 1.54) is 0 Å². The number of anilines is 1. The second-order valence-corrected chi connectivity index (χ2v) is 6.30. The summed E-state index contributed by atoms with van der Waals surface area (Å²) in [4.78, 5) is 33.3. The number of benzene rings is 1. The van der Waals surface area contributed by atoms with Crippen molar-refractivity contribution in [2.75, 3.05) is 51.3 Å². The summed E-state index contributed by atoms with van der Waals surface area (Å²) in [5.74, 6) is 0.670. The lowest BCUT2D eigenvalue weighted by Gasteiger charge is -2.35. The van der Waals surface area contributed by atoms with Gasteiger partial charge in [0, 0.05) is 57.2 Å². The molecule has 7 heteroatoms. The number of nitrogens with zero attached hydrogens (tertiary/aromatic N) is 3. The minimum absolute atomic E-state index is 0.0535. The molecule has 2 amide bonds. The molecule has 0 atom stereocenters. The van der Waals surface area contributed by atoms with E-state index in [-0.39, 0.29) is 11.8 Å². The number of hydrogen-bond donors (Lipinski definition) is 1. The summed E-state index contributed by atoms with van der Waals surface area (Å²) < 4.78 is 4.93. The Bertz CT molecular complexity index is 774. The van der Waals surface area contributed by atoms with Crippen molar-refractivity contribution >= 4 is 17.6 Å². The summed E-state index contributed by atoms with van der Waals surface area (Å²) >= 11 is 0. The van der Waals surface area contributed by atoms with E-state index in [0.29, 0.717) is 37.4 Å². The van der Waals surface area contributed by atoms with Crippen molar-refractivity contribution in [1.82, 2.24) is 15.2 Å². The molecule has 1 saturated heterocycles. The zero-order chi connectivity index (χ0) is 19.1. The van der Waals surface area contributed by atoms with Crippen molar-refractivity contribution in [1.29, 1.82) is 0 Å². The lowest BCUT2D eigenvalue weighted by molar-refractivity contribution is 0.0746. The van der Waals surface area contributed by atoms with Crippen molar-refractivity contribution in [2.45, 2.75) is 0 Å². The molecule has 1 fully saturated rings. The molecule has 0 aliphatic carbocycles. The van der Waals surface area contributed by atoms with Gasteiger partial charge in [-0.05, 0) is 30.3 Å². The van der Waals surface area contributed by atoms with E-state index < -0.39 is 0 Å². The fourth-order valence-corrected chi connectivity index (χ4v) is 3.02. The third-order valence-electron chi connectivity index (χ3n) is 4.50. The maximum atomic E-state index is 12.8. The quantitative estimate of drug-likeness (QED) is 0.781. The number of rotatable bonds is 6. The average Bonchev–Trinajstić information content (AvgIpc) is 2.74. The molecule has 1 aliphatic rings. The number of piperazine rings is 1. The number of pyridine rings is 1. The normalized spacial score (nSPS) is 14.1. The SMILES string of the molecule is COCCNC(=O)c1cccc(C(=O)N2CCN(c3ccccn3)CC2)c1. The molecule has 27 heavy (non-hydrogen) atoms. The zero-order valence-electron chi connectivity index (χ0n) is 15.4. The Labute approximate surface area is 158 Å². The molecule has 0 spiro atoms. The summed E-state index contributed by atoms with van der Waals surface area (Å²) in [6.07, 6.45) is 1.77. The van der Waals surface area contributed by atoms with Crippen molar-refractivity contribution in [3.8, 4) is 0 Å². The predicted octanol–water partition coefficient (Wildman–Crippen LogP) is 1.42. The van der Waals surface area contributed by atoms with Crippen LogP contribution in [0.15, 0.2) is 48.7 Å². The molecule has 142 valence electrons. The van der Waals surface area contributed by atoms with Crippen molar-refractivity contribution in [3.63, 3.8) is 0 Å². The van der Waals surface area contributed by atoms with Crippen LogP contribution in [-0.2, 0) is 4.74 Å². The molecule has 1 aromatic heterocycles. The highest BCUT2D eigenvalue weighted by Gasteiger charge is 2.23. The Morgan fingerprint density at radius 3 is 2.56 bits per heavy atom. The van der Waals surface area contributed by atoms with Gasteiger partial charge in [-0.3, -0.25) is 9.59 Å². The van der Waals surface area contributed by atoms with Crippen LogP contribution in [0.25, 0.3) is 0 Å². The first-order valence-electron chi connectivity index (χ1n) is 9.01. The second-order valence-electron chi connectivity index (χ2n) is 6.30. The van der Waals surface area contributed by atoms with E-state index >= 15 is 0 Å². The van der Waals surface area contributed by atoms with Crippen LogP contribution in [0.3, 0.4) is 0 Å². The van der Waals surface area contributed by atoms with Gasteiger partial charge >= 0.3 is 0 Å². The minimum Gasteiger partial charge on any atom is -0.383 e. The number of carbonyl (C=O) groups excluding carboxylic acids is 2. The molecule has 7 nitrogen and oxygen atoms in total. The summed E-state index contributed by atoms with van der Waals surface area (Å²) in [5, 5.41) is 2.77. The van der Waals surface area contributed by atoms with Crippen molar-refractivity contribution < 1.29 is 14.3 Å². The largest absolute Gasteiger partial charge is 0.383 e. The van der Waals surface area contributed by atoms with Crippen LogP contribution in [0.5, 0.6) is 0 Å². The fourth-order valence-electron chi connectivity index (χ4n) is 3.02. The number of carbonyl (C=O) groups is 2. The van der Waals surface area contributed by atoms with Gasteiger partial charge in [-0.15, -0.1) is 0 Å². The van der Waals surface area contributed by atoms with Gasteiger partial charge in [0.1, 0.15) is 5.82 Å². The van der Waals surface area contributed by atoms with Gasteiger partial charge in [0.05, 0.1) is 6.61 Å². The molecule has 2 aromatic rings. The molecule has 1 aliphatic heterocycles. The lowest BCUT2D eigenvalue weighted by Crippen LogP contribution is -2.49. The Kier molecular flexibility index (Phi) is 6.38. The lowest BCUT2D eigenvalue weighted by atomic mass is 10.1. The van der Waals surface area contributed by atoms with Crippen LogP contribution >= 0.6 is 0 Å².